The Morgan fingerprint density at radius 2 is 2.20 bits per heavy atom. The van der Waals surface area contributed by atoms with Crippen molar-refractivity contribution in [3.05, 3.63) is 71.4 Å². The van der Waals surface area contributed by atoms with Crippen LogP contribution in [0.3, 0.4) is 0 Å². The van der Waals surface area contributed by atoms with Crippen LogP contribution in [-0.4, -0.2) is 29.3 Å². The van der Waals surface area contributed by atoms with Crippen molar-refractivity contribution in [3.8, 4) is 0 Å². The Balaban J connectivity index is 1.49. The van der Waals surface area contributed by atoms with Crippen molar-refractivity contribution < 1.29 is 9.53 Å². The van der Waals surface area contributed by atoms with Crippen LogP contribution in [0.2, 0.25) is 0 Å². The smallest absolute Gasteiger partial charge is 0.244 e. The number of hydrogen-bond acceptors (Lipinski definition) is 3. The molecule has 0 bridgehead atoms. The minimum absolute atomic E-state index is 0.0314. The summed E-state index contributed by atoms with van der Waals surface area (Å²) >= 11 is 0. The van der Waals surface area contributed by atoms with Gasteiger partial charge in [0.1, 0.15) is 0 Å². The minimum atomic E-state index is -0.131. The Morgan fingerprint density at radius 1 is 1.32 bits per heavy atom. The Kier molecular flexibility index (Phi) is 4.07. The van der Waals surface area contributed by atoms with E-state index in [2.05, 4.69) is 27.6 Å². The zero-order chi connectivity index (χ0) is 17.2. The van der Waals surface area contributed by atoms with Gasteiger partial charge in [0, 0.05) is 25.0 Å². The van der Waals surface area contributed by atoms with Crippen LogP contribution in [0.4, 0.5) is 0 Å². The number of rotatable bonds is 4. The summed E-state index contributed by atoms with van der Waals surface area (Å²) in [6, 6.07) is 13.9. The van der Waals surface area contributed by atoms with Crippen LogP contribution in [0.25, 0.3) is 17.0 Å². The molecular formula is C20H19N3O2. The van der Waals surface area contributed by atoms with Crippen LogP contribution in [0.1, 0.15) is 22.7 Å². The number of ether oxygens (including phenoxy) is 1. The maximum atomic E-state index is 12.4. The second-order valence-electron chi connectivity index (χ2n) is 6.21. The molecule has 1 aromatic heterocycles. The zero-order valence-electron chi connectivity index (χ0n) is 13.9. The predicted molar refractivity (Wildman–Crippen MR) is 97.0 cm³/mol. The standard InChI is InChI=1S/C20H19N3O2/c1-25-18-11-14-4-2-3-5-16(14)20(18)22-19(24)9-7-13-6-8-15-12-21-23-17(15)10-13/h2-10,12,18,20H,11H2,1H3,(H,21,23)(H,22,24)/b9-7+/t18-,20-/m0/s1. The third-order valence-electron chi connectivity index (χ3n) is 4.68. The van der Waals surface area contributed by atoms with Crippen molar-refractivity contribution in [1.29, 1.82) is 0 Å². The van der Waals surface area contributed by atoms with Gasteiger partial charge in [-0.25, -0.2) is 0 Å². The number of benzene rings is 2. The number of amides is 1. The molecule has 1 heterocycles. The highest BCUT2D eigenvalue weighted by atomic mass is 16.5. The third kappa shape index (κ3) is 3.06. The SMILES string of the molecule is CO[C@H]1Cc2ccccc2[C@@H]1NC(=O)/C=C/c1ccc2cn[nH]c2c1. The van der Waals surface area contributed by atoms with Crippen LogP contribution in [-0.2, 0) is 16.0 Å². The number of carbonyl (C=O) groups excluding carboxylic acids is 1. The fourth-order valence-corrected chi connectivity index (χ4v) is 3.38. The van der Waals surface area contributed by atoms with Crippen molar-refractivity contribution in [2.75, 3.05) is 7.11 Å². The first kappa shape index (κ1) is 15.6. The van der Waals surface area contributed by atoms with Gasteiger partial charge in [-0.3, -0.25) is 9.89 Å². The van der Waals surface area contributed by atoms with Gasteiger partial charge in [0.2, 0.25) is 5.91 Å². The van der Waals surface area contributed by atoms with Gasteiger partial charge < -0.3 is 10.1 Å². The molecule has 5 nitrogen and oxygen atoms in total. The lowest BCUT2D eigenvalue weighted by Gasteiger charge is -2.19. The first-order chi connectivity index (χ1) is 12.2. The molecule has 0 fully saturated rings. The van der Waals surface area contributed by atoms with E-state index in [1.807, 2.05) is 30.3 Å². The van der Waals surface area contributed by atoms with E-state index in [4.69, 9.17) is 4.74 Å². The molecule has 2 N–H and O–H groups in total. The normalized spacial score (nSPS) is 19.4. The lowest BCUT2D eigenvalue weighted by Crippen LogP contribution is -2.33. The van der Waals surface area contributed by atoms with Gasteiger partial charge in [0.05, 0.1) is 23.9 Å². The van der Waals surface area contributed by atoms with Crippen LogP contribution < -0.4 is 5.32 Å². The Hall–Kier alpha value is -2.92. The quantitative estimate of drug-likeness (QED) is 0.721. The van der Waals surface area contributed by atoms with Crippen molar-refractivity contribution >= 4 is 22.9 Å². The van der Waals surface area contributed by atoms with E-state index in [1.54, 1.807) is 25.5 Å². The van der Waals surface area contributed by atoms with E-state index in [0.717, 1.165) is 28.5 Å². The van der Waals surface area contributed by atoms with E-state index in [1.165, 1.54) is 5.56 Å². The van der Waals surface area contributed by atoms with Crippen LogP contribution >= 0.6 is 0 Å². The second kappa shape index (κ2) is 6.53. The highest BCUT2D eigenvalue weighted by molar-refractivity contribution is 5.93. The van der Waals surface area contributed by atoms with E-state index in [-0.39, 0.29) is 18.1 Å². The maximum Gasteiger partial charge on any atom is 0.244 e. The molecular weight excluding hydrogens is 314 g/mol. The van der Waals surface area contributed by atoms with Gasteiger partial charge in [-0.1, -0.05) is 36.4 Å². The fraction of sp³-hybridized carbons (Fsp3) is 0.200. The van der Waals surface area contributed by atoms with E-state index >= 15 is 0 Å². The summed E-state index contributed by atoms with van der Waals surface area (Å²) in [5, 5.41) is 11.0. The van der Waals surface area contributed by atoms with Crippen LogP contribution in [0.15, 0.2) is 54.7 Å². The number of hydrogen-bond donors (Lipinski definition) is 2. The lowest BCUT2D eigenvalue weighted by atomic mass is 10.1. The summed E-state index contributed by atoms with van der Waals surface area (Å²) in [4.78, 5) is 12.4. The third-order valence-corrected chi connectivity index (χ3v) is 4.68. The first-order valence-corrected chi connectivity index (χ1v) is 8.27. The van der Waals surface area contributed by atoms with Gasteiger partial charge in [-0.2, -0.15) is 5.10 Å². The minimum Gasteiger partial charge on any atom is -0.379 e. The van der Waals surface area contributed by atoms with Gasteiger partial charge in [-0.05, 0) is 28.8 Å². The van der Waals surface area contributed by atoms with E-state index in [9.17, 15) is 4.79 Å². The highest BCUT2D eigenvalue weighted by Crippen LogP contribution is 2.32. The second-order valence-corrected chi connectivity index (χ2v) is 6.21. The largest absolute Gasteiger partial charge is 0.379 e. The molecule has 2 aromatic carbocycles. The number of H-pyrrole nitrogens is 1. The average molecular weight is 333 g/mol. The van der Waals surface area contributed by atoms with E-state index in [0.29, 0.717) is 0 Å². The molecule has 0 aliphatic heterocycles. The molecule has 0 saturated heterocycles. The number of methoxy groups -OCH3 is 1. The summed E-state index contributed by atoms with van der Waals surface area (Å²) < 4.78 is 5.56. The zero-order valence-corrected chi connectivity index (χ0v) is 13.9. The molecule has 1 amide bonds. The molecule has 4 rings (SSSR count). The Bertz CT molecular complexity index is 945. The Morgan fingerprint density at radius 3 is 3.08 bits per heavy atom. The van der Waals surface area contributed by atoms with Gasteiger partial charge >= 0.3 is 0 Å². The molecule has 1 aliphatic carbocycles. The number of aromatic nitrogens is 2. The molecule has 0 unspecified atom stereocenters. The van der Waals surface area contributed by atoms with Crippen molar-refractivity contribution in [3.63, 3.8) is 0 Å². The Labute approximate surface area is 145 Å². The monoisotopic (exact) mass is 333 g/mol. The van der Waals surface area contributed by atoms with Gasteiger partial charge in [0.15, 0.2) is 0 Å². The maximum absolute atomic E-state index is 12.4. The van der Waals surface area contributed by atoms with Crippen molar-refractivity contribution in [2.45, 2.75) is 18.6 Å². The van der Waals surface area contributed by atoms with E-state index < -0.39 is 0 Å². The summed E-state index contributed by atoms with van der Waals surface area (Å²) in [5.74, 6) is -0.131. The number of nitrogens with one attached hydrogen (secondary N) is 2. The summed E-state index contributed by atoms with van der Waals surface area (Å²) in [6.45, 7) is 0. The van der Waals surface area contributed by atoms with Crippen molar-refractivity contribution in [1.82, 2.24) is 15.5 Å². The molecule has 0 spiro atoms. The van der Waals surface area contributed by atoms with Crippen molar-refractivity contribution in [2.24, 2.45) is 0 Å². The molecule has 0 saturated carbocycles. The summed E-state index contributed by atoms with van der Waals surface area (Å²) in [6.07, 6.45) is 5.93. The average Bonchev–Trinajstić information content (AvgIpc) is 3.24. The lowest BCUT2D eigenvalue weighted by molar-refractivity contribution is -0.118. The molecule has 1 aliphatic rings. The number of fused-ring (bicyclic) bond motifs is 2. The highest BCUT2D eigenvalue weighted by Gasteiger charge is 2.32. The fourth-order valence-electron chi connectivity index (χ4n) is 3.38. The number of carbonyl (C=O) groups is 1. The molecule has 3 aromatic rings. The summed E-state index contributed by atoms with van der Waals surface area (Å²) in [5.41, 5.74) is 4.26. The molecule has 5 heteroatoms. The summed E-state index contributed by atoms with van der Waals surface area (Å²) in [7, 11) is 1.69. The van der Waals surface area contributed by atoms with Gasteiger partial charge in [0.25, 0.3) is 0 Å². The molecule has 2 atom stereocenters. The number of aromatic amines is 1. The number of nitrogens with zero attached hydrogens (tertiary/aromatic N) is 1. The predicted octanol–water partition coefficient (Wildman–Crippen LogP) is 3.00. The topological polar surface area (TPSA) is 67.0 Å². The molecule has 126 valence electrons. The van der Waals surface area contributed by atoms with Crippen LogP contribution in [0, 0.1) is 0 Å². The van der Waals surface area contributed by atoms with Gasteiger partial charge in [-0.15, -0.1) is 0 Å². The molecule has 0 radical (unpaired) electrons. The first-order valence-electron chi connectivity index (χ1n) is 8.27. The van der Waals surface area contributed by atoms with Crippen LogP contribution in [0.5, 0.6) is 0 Å². The molecule has 25 heavy (non-hydrogen) atoms.